The summed E-state index contributed by atoms with van der Waals surface area (Å²) in [7, 11) is -4.32. The van der Waals surface area contributed by atoms with E-state index in [4.69, 9.17) is 27.9 Å². The number of carbonyl (C=O) groups excluding carboxylic acids is 2. The van der Waals surface area contributed by atoms with Crippen molar-refractivity contribution in [1.29, 1.82) is 0 Å². The molecule has 0 aliphatic heterocycles. The molecule has 0 bridgehead atoms. The Balaban J connectivity index is 1.62. The molecule has 1 aliphatic carbocycles. The molecular formula is C38H41Cl2N3O5S2. The minimum Gasteiger partial charge on any atom is -0.492 e. The lowest BCUT2D eigenvalue weighted by Crippen LogP contribution is -2.54. The van der Waals surface area contributed by atoms with Gasteiger partial charge < -0.3 is 15.0 Å². The number of thioether (sulfide) groups is 1. The number of carbonyl (C=O) groups is 2. The highest BCUT2D eigenvalue weighted by molar-refractivity contribution is 7.98. The minimum absolute atomic E-state index is 0.00918. The molecule has 0 radical (unpaired) electrons. The van der Waals surface area contributed by atoms with Crippen molar-refractivity contribution < 1.29 is 22.7 Å². The normalized spacial score (nSPS) is 13.8. The van der Waals surface area contributed by atoms with Crippen molar-refractivity contribution in [2.75, 3.05) is 23.7 Å². The van der Waals surface area contributed by atoms with Gasteiger partial charge in [0.1, 0.15) is 18.3 Å². The Hall–Kier alpha value is -3.70. The van der Waals surface area contributed by atoms with Gasteiger partial charge in [0.05, 0.1) is 17.2 Å². The number of anilines is 1. The molecule has 1 fully saturated rings. The predicted octanol–water partition coefficient (Wildman–Crippen LogP) is 8.01. The molecule has 1 aliphatic rings. The van der Waals surface area contributed by atoms with Gasteiger partial charge in [0.25, 0.3) is 10.0 Å². The van der Waals surface area contributed by atoms with Crippen LogP contribution in [-0.2, 0) is 32.6 Å². The van der Waals surface area contributed by atoms with Gasteiger partial charge in [-0.3, -0.25) is 13.9 Å². The number of nitrogens with zero attached hydrogens (tertiary/aromatic N) is 2. The lowest BCUT2D eigenvalue weighted by Gasteiger charge is -2.35. The molecule has 0 heterocycles. The molecule has 0 saturated heterocycles. The topological polar surface area (TPSA) is 96.0 Å². The van der Waals surface area contributed by atoms with Crippen molar-refractivity contribution in [2.45, 2.75) is 67.4 Å². The molecule has 50 heavy (non-hydrogen) atoms. The number of amides is 2. The summed E-state index contributed by atoms with van der Waals surface area (Å²) in [5.74, 6) is -0.638. The van der Waals surface area contributed by atoms with Crippen LogP contribution in [-0.4, -0.2) is 56.6 Å². The van der Waals surface area contributed by atoms with E-state index in [2.05, 4.69) is 5.32 Å². The highest BCUT2D eigenvalue weighted by Crippen LogP contribution is 2.34. The number of rotatable bonds is 15. The SMILES string of the molecule is CCOc1ccccc1N(CC(=O)N(Cc1c(Cl)cccc1Cl)[C@@H](Cc1ccccc1)C(=O)NC1CCCC1)S(=O)(=O)c1ccc(SC)cc1. The van der Waals surface area contributed by atoms with Crippen molar-refractivity contribution in [3.8, 4) is 5.75 Å². The fraction of sp³-hybridized carbons (Fsp3) is 0.316. The van der Waals surface area contributed by atoms with E-state index in [-0.39, 0.29) is 42.1 Å². The van der Waals surface area contributed by atoms with Gasteiger partial charge in [-0.2, -0.15) is 0 Å². The number of hydrogen-bond donors (Lipinski definition) is 1. The first kappa shape index (κ1) is 37.6. The monoisotopic (exact) mass is 753 g/mol. The van der Waals surface area contributed by atoms with Crippen LogP contribution in [0.2, 0.25) is 10.0 Å². The van der Waals surface area contributed by atoms with Crippen molar-refractivity contribution >= 4 is 62.5 Å². The zero-order valence-corrected chi connectivity index (χ0v) is 31.2. The molecule has 4 aromatic carbocycles. The molecule has 8 nitrogen and oxygen atoms in total. The fourth-order valence-corrected chi connectivity index (χ4v) is 8.45. The largest absolute Gasteiger partial charge is 0.492 e. The minimum atomic E-state index is -4.32. The third-order valence-electron chi connectivity index (χ3n) is 8.72. The molecular weight excluding hydrogens is 713 g/mol. The Kier molecular flexibility index (Phi) is 13.1. The summed E-state index contributed by atoms with van der Waals surface area (Å²) in [6.07, 6.45) is 5.81. The summed E-state index contributed by atoms with van der Waals surface area (Å²) >= 11 is 14.8. The van der Waals surface area contributed by atoms with E-state index in [1.54, 1.807) is 61.5 Å². The lowest BCUT2D eigenvalue weighted by atomic mass is 10.0. The first-order valence-corrected chi connectivity index (χ1v) is 20.0. The average Bonchev–Trinajstić information content (AvgIpc) is 3.63. The number of halogens is 2. The Bertz CT molecular complexity index is 1850. The summed E-state index contributed by atoms with van der Waals surface area (Å²) in [5, 5.41) is 3.82. The molecule has 0 aromatic heterocycles. The number of benzene rings is 4. The Morgan fingerprint density at radius 2 is 1.54 bits per heavy atom. The van der Waals surface area contributed by atoms with Crippen LogP contribution in [0.5, 0.6) is 5.75 Å². The maximum absolute atomic E-state index is 14.9. The van der Waals surface area contributed by atoms with Gasteiger partial charge >= 0.3 is 0 Å². The van der Waals surface area contributed by atoms with E-state index in [1.807, 2.05) is 36.6 Å². The fourth-order valence-electron chi connectivity index (χ4n) is 6.10. The molecule has 1 saturated carbocycles. The molecule has 264 valence electrons. The van der Waals surface area contributed by atoms with Crippen molar-refractivity contribution in [3.63, 3.8) is 0 Å². The van der Waals surface area contributed by atoms with Gasteiger partial charge in [-0.15, -0.1) is 11.8 Å². The van der Waals surface area contributed by atoms with Gasteiger partial charge in [-0.05, 0) is 80.1 Å². The summed E-state index contributed by atoms with van der Waals surface area (Å²) in [6, 6.07) is 26.6. The van der Waals surface area contributed by atoms with Crippen LogP contribution in [0.25, 0.3) is 0 Å². The van der Waals surface area contributed by atoms with Gasteiger partial charge in [0, 0.05) is 39.5 Å². The highest BCUT2D eigenvalue weighted by Gasteiger charge is 2.37. The first-order chi connectivity index (χ1) is 24.1. The second-order valence-corrected chi connectivity index (χ2v) is 15.6. The predicted molar refractivity (Wildman–Crippen MR) is 202 cm³/mol. The third kappa shape index (κ3) is 9.15. The molecule has 12 heteroatoms. The van der Waals surface area contributed by atoms with Crippen LogP contribution in [0.3, 0.4) is 0 Å². The van der Waals surface area contributed by atoms with E-state index in [0.717, 1.165) is 40.4 Å². The first-order valence-electron chi connectivity index (χ1n) is 16.6. The molecule has 2 amide bonds. The van der Waals surface area contributed by atoms with Crippen LogP contribution in [0, 0.1) is 0 Å². The van der Waals surface area contributed by atoms with Crippen molar-refractivity contribution in [1.82, 2.24) is 10.2 Å². The molecule has 5 rings (SSSR count). The average molecular weight is 755 g/mol. The summed E-state index contributed by atoms with van der Waals surface area (Å²) in [5.41, 5.74) is 1.48. The zero-order chi connectivity index (χ0) is 35.7. The maximum atomic E-state index is 14.9. The van der Waals surface area contributed by atoms with E-state index < -0.39 is 28.5 Å². The van der Waals surface area contributed by atoms with E-state index in [1.165, 1.54) is 28.8 Å². The summed E-state index contributed by atoms with van der Waals surface area (Å²) in [6.45, 7) is 1.32. The van der Waals surface area contributed by atoms with Crippen LogP contribution in [0.1, 0.15) is 43.7 Å². The smallest absolute Gasteiger partial charge is 0.264 e. The quantitative estimate of drug-likeness (QED) is 0.124. The van der Waals surface area contributed by atoms with Crippen LogP contribution >= 0.6 is 35.0 Å². The molecule has 1 atom stereocenters. The van der Waals surface area contributed by atoms with E-state index in [0.29, 0.717) is 21.4 Å². The lowest BCUT2D eigenvalue weighted by molar-refractivity contribution is -0.140. The third-order valence-corrected chi connectivity index (χ3v) is 11.9. The molecule has 4 aromatic rings. The number of para-hydroxylation sites is 2. The molecule has 0 unspecified atom stereocenters. The van der Waals surface area contributed by atoms with E-state index >= 15 is 0 Å². The van der Waals surface area contributed by atoms with Gasteiger partial charge in [-0.25, -0.2) is 8.42 Å². The Labute approximate surface area is 309 Å². The molecule has 0 spiro atoms. The summed E-state index contributed by atoms with van der Waals surface area (Å²) < 4.78 is 35.9. The highest BCUT2D eigenvalue weighted by atomic mass is 35.5. The number of hydrogen-bond acceptors (Lipinski definition) is 6. The Morgan fingerprint density at radius 3 is 2.18 bits per heavy atom. The number of ether oxygens (including phenoxy) is 1. The van der Waals surface area contributed by atoms with Crippen LogP contribution < -0.4 is 14.4 Å². The van der Waals surface area contributed by atoms with Crippen LogP contribution in [0.15, 0.2) is 107 Å². The molecule has 1 N–H and O–H groups in total. The van der Waals surface area contributed by atoms with Gasteiger partial charge in [0.2, 0.25) is 11.8 Å². The number of sulfonamides is 1. The van der Waals surface area contributed by atoms with Gasteiger partial charge in [0.15, 0.2) is 0 Å². The number of nitrogens with one attached hydrogen (secondary N) is 1. The summed E-state index contributed by atoms with van der Waals surface area (Å²) in [4.78, 5) is 31.5. The van der Waals surface area contributed by atoms with Crippen molar-refractivity contribution in [2.24, 2.45) is 0 Å². The standard InChI is InChI=1S/C38H41Cl2N3O5S2/c1-3-48-36-19-10-9-18-34(36)43(50(46,47)30-22-20-29(49-2)21-23-30)26-37(44)42(25-31-32(39)16-11-17-33(31)40)35(24-27-12-5-4-6-13-27)38(45)41-28-14-7-8-15-28/h4-6,9-13,16-23,28,35H,3,7-8,14-15,24-26H2,1-2H3,(H,41,45)/t35-/m0/s1. The second kappa shape index (κ2) is 17.5. The van der Waals surface area contributed by atoms with E-state index in [9.17, 15) is 18.0 Å². The second-order valence-electron chi connectivity index (χ2n) is 12.0. The van der Waals surface area contributed by atoms with Crippen molar-refractivity contribution in [3.05, 3.63) is 118 Å². The maximum Gasteiger partial charge on any atom is 0.264 e. The van der Waals surface area contributed by atoms with Crippen LogP contribution in [0.4, 0.5) is 5.69 Å². The Morgan fingerprint density at radius 1 is 0.900 bits per heavy atom. The van der Waals surface area contributed by atoms with Gasteiger partial charge in [-0.1, -0.05) is 84.6 Å². The zero-order valence-electron chi connectivity index (χ0n) is 28.1.